The van der Waals surface area contributed by atoms with E-state index in [1.165, 1.54) is 19.1 Å². The molecule has 0 unspecified atom stereocenters. The molecule has 7 heteroatoms. The van der Waals surface area contributed by atoms with Crippen LogP contribution in [0.15, 0.2) is 18.2 Å². The van der Waals surface area contributed by atoms with Gasteiger partial charge in [0.25, 0.3) is 11.8 Å². The first kappa shape index (κ1) is 16.7. The summed E-state index contributed by atoms with van der Waals surface area (Å²) >= 11 is 0. The monoisotopic (exact) mass is 282 g/mol. The summed E-state index contributed by atoms with van der Waals surface area (Å²) < 4.78 is 38.5. The summed E-state index contributed by atoms with van der Waals surface area (Å²) in [6, 6.07) is 3.65. The van der Waals surface area contributed by atoms with E-state index in [0.717, 1.165) is 6.07 Å². The van der Waals surface area contributed by atoms with Gasteiger partial charge in [0.15, 0.2) is 0 Å². The molecule has 3 N–H and O–H groups in total. The van der Waals surface area contributed by atoms with Crippen LogP contribution in [0.5, 0.6) is 0 Å². The largest absolute Gasteiger partial charge is 0.346 e. The SMILES string of the molecule is Cc1cc(C(=O)NCC(F)(F)CN)ccc1F.Cl. The first-order valence-corrected chi connectivity index (χ1v) is 4.98. The van der Waals surface area contributed by atoms with Crippen LogP contribution >= 0.6 is 12.4 Å². The van der Waals surface area contributed by atoms with Crippen LogP contribution in [0.1, 0.15) is 15.9 Å². The van der Waals surface area contributed by atoms with Gasteiger partial charge >= 0.3 is 0 Å². The van der Waals surface area contributed by atoms with Crippen LogP contribution in [0.4, 0.5) is 13.2 Å². The van der Waals surface area contributed by atoms with Gasteiger partial charge in [-0.1, -0.05) is 0 Å². The van der Waals surface area contributed by atoms with Crippen molar-refractivity contribution in [3.8, 4) is 0 Å². The molecule has 0 radical (unpaired) electrons. The number of halogens is 4. The number of hydrogen-bond acceptors (Lipinski definition) is 2. The molecule has 0 aromatic heterocycles. The number of benzene rings is 1. The Morgan fingerprint density at radius 3 is 2.56 bits per heavy atom. The van der Waals surface area contributed by atoms with E-state index in [0.29, 0.717) is 0 Å². The normalized spacial score (nSPS) is 10.7. The Morgan fingerprint density at radius 1 is 1.44 bits per heavy atom. The molecule has 1 amide bonds. The van der Waals surface area contributed by atoms with Crippen molar-refractivity contribution in [1.82, 2.24) is 5.32 Å². The third-order valence-electron chi connectivity index (χ3n) is 2.23. The summed E-state index contributed by atoms with van der Waals surface area (Å²) in [5, 5.41) is 2.05. The van der Waals surface area contributed by atoms with Crippen molar-refractivity contribution >= 4 is 18.3 Å². The zero-order chi connectivity index (χ0) is 13.1. The third-order valence-corrected chi connectivity index (χ3v) is 2.23. The minimum absolute atomic E-state index is 0. The van der Waals surface area contributed by atoms with E-state index in [2.05, 4.69) is 0 Å². The van der Waals surface area contributed by atoms with Crippen LogP contribution in [0.2, 0.25) is 0 Å². The van der Waals surface area contributed by atoms with Gasteiger partial charge < -0.3 is 11.1 Å². The Balaban J connectivity index is 0.00000289. The van der Waals surface area contributed by atoms with Gasteiger partial charge in [-0.05, 0) is 30.7 Å². The predicted molar refractivity (Wildman–Crippen MR) is 64.7 cm³/mol. The number of nitrogens with two attached hydrogens (primary N) is 1. The maximum Gasteiger partial charge on any atom is 0.277 e. The second kappa shape index (κ2) is 6.61. The topological polar surface area (TPSA) is 55.1 Å². The highest BCUT2D eigenvalue weighted by Gasteiger charge is 2.27. The maximum atomic E-state index is 12.9. The molecule has 1 rings (SSSR count). The second-order valence-electron chi connectivity index (χ2n) is 3.71. The first-order valence-electron chi connectivity index (χ1n) is 4.98. The van der Waals surface area contributed by atoms with E-state index in [9.17, 15) is 18.0 Å². The Bertz CT molecular complexity index is 427. The Labute approximate surface area is 109 Å². The average Bonchev–Trinajstić information content (AvgIpc) is 2.30. The fraction of sp³-hybridized carbons (Fsp3) is 0.364. The zero-order valence-electron chi connectivity index (χ0n) is 9.67. The quantitative estimate of drug-likeness (QED) is 0.886. The molecular weight excluding hydrogens is 269 g/mol. The molecule has 0 spiro atoms. The molecule has 1 aromatic carbocycles. The number of amides is 1. The first-order chi connectivity index (χ1) is 7.85. The summed E-state index contributed by atoms with van der Waals surface area (Å²) in [5.74, 6) is -4.26. The molecule has 0 aliphatic heterocycles. The third kappa shape index (κ3) is 4.54. The van der Waals surface area contributed by atoms with Crippen LogP contribution in [-0.2, 0) is 0 Å². The number of hydrogen-bond donors (Lipinski definition) is 2. The highest BCUT2D eigenvalue weighted by atomic mass is 35.5. The standard InChI is InChI=1S/C11H13F3N2O.ClH/c1-7-4-8(2-3-9(7)12)10(17)16-6-11(13,14)5-15;/h2-4H,5-6,15H2,1H3,(H,16,17);1H. The van der Waals surface area contributed by atoms with E-state index in [-0.39, 0.29) is 23.5 Å². The van der Waals surface area contributed by atoms with E-state index in [4.69, 9.17) is 5.73 Å². The number of aryl methyl sites for hydroxylation is 1. The van der Waals surface area contributed by atoms with Crippen LogP contribution in [0, 0.1) is 12.7 Å². The van der Waals surface area contributed by atoms with Gasteiger partial charge in [0, 0.05) is 5.56 Å². The van der Waals surface area contributed by atoms with Gasteiger partial charge in [-0.15, -0.1) is 12.4 Å². The molecule has 0 heterocycles. The van der Waals surface area contributed by atoms with Crippen molar-refractivity contribution in [3.63, 3.8) is 0 Å². The van der Waals surface area contributed by atoms with Crippen molar-refractivity contribution < 1.29 is 18.0 Å². The predicted octanol–water partition coefficient (Wildman–Crippen LogP) is 1.88. The van der Waals surface area contributed by atoms with E-state index < -0.39 is 30.7 Å². The Morgan fingerprint density at radius 2 is 2.06 bits per heavy atom. The van der Waals surface area contributed by atoms with E-state index >= 15 is 0 Å². The molecule has 0 saturated heterocycles. The fourth-order valence-electron chi connectivity index (χ4n) is 1.17. The highest BCUT2D eigenvalue weighted by Crippen LogP contribution is 2.11. The molecule has 0 bridgehead atoms. The fourth-order valence-corrected chi connectivity index (χ4v) is 1.17. The molecule has 102 valence electrons. The van der Waals surface area contributed by atoms with Gasteiger partial charge in [0.05, 0.1) is 13.1 Å². The van der Waals surface area contributed by atoms with Crippen molar-refractivity contribution in [3.05, 3.63) is 35.1 Å². The van der Waals surface area contributed by atoms with Gasteiger partial charge in [0.2, 0.25) is 0 Å². The Hall–Kier alpha value is -1.27. The lowest BCUT2D eigenvalue weighted by atomic mass is 10.1. The van der Waals surface area contributed by atoms with Gasteiger partial charge in [-0.3, -0.25) is 4.79 Å². The molecule has 0 aliphatic rings. The van der Waals surface area contributed by atoms with Crippen LogP contribution in [0.3, 0.4) is 0 Å². The van der Waals surface area contributed by atoms with Crippen LogP contribution in [-0.4, -0.2) is 24.9 Å². The molecule has 3 nitrogen and oxygen atoms in total. The maximum absolute atomic E-state index is 12.9. The van der Waals surface area contributed by atoms with E-state index in [1.807, 2.05) is 5.32 Å². The summed E-state index contributed by atoms with van der Waals surface area (Å²) in [6.45, 7) is -0.185. The van der Waals surface area contributed by atoms with Gasteiger partial charge in [-0.2, -0.15) is 0 Å². The molecule has 0 atom stereocenters. The van der Waals surface area contributed by atoms with Crippen molar-refractivity contribution in [2.75, 3.05) is 13.1 Å². The van der Waals surface area contributed by atoms with Crippen molar-refractivity contribution in [1.29, 1.82) is 0 Å². The summed E-state index contributed by atoms with van der Waals surface area (Å²) in [5.41, 5.74) is 5.24. The number of nitrogens with one attached hydrogen (secondary N) is 1. The lowest BCUT2D eigenvalue weighted by molar-refractivity contribution is 0.0118. The minimum atomic E-state index is -3.13. The molecular formula is C11H14ClF3N2O. The van der Waals surface area contributed by atoms with E-state index in [1.54, 1.807) is 0 Å². The smallest absolute Gasteiger partial charge is 0.277 e. The van der Waals surface area contributed by atoms with Gasteiger partial charge in [0.1, 0.15) is 5.82 Å². The Kier molecular flexibility index (Phi) is 6.14. The molecule has 0 aliphatic carbocycles. The summed E-state index contributed by atoms with van der Waals surface area (Å²) in [4.78, 5) is 11.5. The molecule has 18 heavy (non-hydrogen) atoms. The minimum Gasteiger partial charge on any atom is -0.346 e. The average molecular weight is 283 g/mol. The summed E-state index contributed by atoms with van der Waals surface area (Å²) in [7, 11) is 0. The van der Waals surface area contributed by atoms with Crippen molar-refractivity contribution in [2.24, 2.45) is 5.73 Å². The number of carbonyl (C=O) groups excluding carboxylic acids is 1. The highest BCUT2D eigenvalue weighted by molar-refractivity contribution is 5.94. The van der Waals surface area contributed by atoms with Gasteiger partial charge in [-0.25, -0.2) is 13.2 Å². The lowest BCUT2D eigenvalue weighted by Gasteiger charge is -2.14. The number of rotatable bonds is 4. The number of carbonyl (C=O) groups is 1. The molecule has 0 saturated carbocycles. The molecule has 1 aromatic rings. The van der Waals surface area contributed by atoms with Crippen LogP contribution in [0.25, 0.3) is 0 Å². The lowest BCUT2D eigenvalue weighted by Crippen LogP contribution is -2.41. The number of alkyl halides is 2. The zero-order valence-corrected chi connectivity index (χ0v) is 10.5. The summed E-state index contributed by atoms with van der Waals surface area (Å²) in [6.07, 6.45) is 0. The second-order valence-corrected chi connectivity index (χ2v) is 3.71. The van der Waals surface area contributed by atoms with Crippen LogP contribution < -0.4 is 11.1 Å². The van der Waals surface area contributed by atoms with Crippen molar-refractivity contribution in [2.45, 2.75) is 12.8 Å². The molecule has 0 fully saturated rings.